The molecule has 0 saturated heterocycles. The first kappa shape index (κ1) is 19.9. The molecule has 0 aliphatic heterocycles. The summed E-state index contributed by atoms with van der Waals surface area (Å²) in [4.78, 5) is 11.8. The molecule has 0 bridgehead atoms. The Labute approximate surface area is 169 Å². The highest BCUT2D eigenvalue weighted by Crippen LogP contribution is 2.15. The molecule has 0 atom stereocenters. The number of aromatic nitrogens is 2. The van der Waals surface area contributed by atoms with Gasteiger partial charge in [-0.2, -0.15) is 0 Å². The van der Waals surface area contributed by atoms with E-state index in [9.17, 15) is 4.39 Å². The van der Waals surface area contributed by atoms with E-state index in [2.05, 4.69) is 25.6 Å². The molecule has 3 aromatic rings. The van der Waals surface area contributed by atoms with Crippen LogP contribution in [0.2, 0.25) is 0 Å². The number of nitrogens with zero attached hydrogens (tertiary/aromatic N) is 2. The van der Waals surface area contributed by atoms with Crippen molar-refractivity contribution < 1.29 is 4.39 Å². The summed E-state index contributed by atoms with van der Waals surface area (Å²) < 4.78 is 13.6. The maximum atomic E-state index is 13.6. The standard InChI is InChI=1S/C19H20FN5.HI/c1-21-19(23-11-15-9-5-6-10-16(15)20)24-13-18-22-12-17(25-18)14-7-3-2-4-8-14;/h2-10,12H,11,13H2,1H3,(H,22,25)(H2,21,23,24);1H. The molecule has 1 heterocycles. The summed E-state index contributed by atoms with van der Waals surface area (Å²) in [5.41, 5.74) is 2.64. The molecule has 0 aliphatic carbocycles. The maximum absolute atomic E-state index is 13.6. The lowest BCUT2D eigenvalue weighted by atomic mass is 10.2. The fraction of sp³-hybridized carbons (Fsp3) is 0.158. The number of guanidine groups is 1. The van der Waals surface area contributed by atoms with Crippen LogP contribution in [-0.4, -0.2) is 23.0 Å². The number of H-pyrrole nitrogens is 1. The Bertz CT molecular complexity index is 848. The highest BCUT2D eigenvalue weighted by Gasteiger charge is 2.05. The van der Waals surface area contributed by atoms with Gasteiger partial charge in [0.05, 0.1) is 18.4 Å². The first-order chi connectivity index (χ1) is 12.3. The molecule has 3 rings (SSSR count). The first-order valence-electron chi connectivity index (χ1n) is 8.03. The highest BCUT2D eigenvalue weighted by atomic mass is 127. The van der Waals surface area contributed by atoms with Gasteiger partial charge in [-0.25, -0.2) is 9.37 Å². The number of aliphatic imine (C=N–C) groups is 1. The van der Waals surface area contributed by atoms with Crippen molar-refractivity contribution in [2.24, 2.45) is 4.99 Å². The monoisotopic (exact) mass is 465 g/mol. The highest BCUT2D eigenvalue weighted by molar-refractivity contribution is 14.0. The van der Waals surface area contributed by atoms with Gasteiger partial charge in [0.1, 0.15) is 11.6 Å². The summed E-state index contributed by atoms with van der Waals surface area (Å²) in [5.74, 6) is 1.15. The number of nitrogens with one attached hydrogen (secondary N) is 3. The van der Waals surface area contributed by atoms with E-state index in [-0.39, 0.29) is 29.8 Å². The second-order valence-electron chi connectivity index (χ2n) is 5.48. The number of hydrogen-bond donors (Lipinski definition) is 3. The third-order valence-corrected chi connectivity index (χ3v) is 3.76. The van der Waals surface area contributed by atoms with E-state index in [1.165, 1.54) is 6.07 Å². The Kier molecular flexibility index (Phi) is 7.58. The molecule has 0 saturated carbocycles. The van der Waals surface area contributed by atoms with Crippen molar-refractivity contribution in [3.8, 4) is 11.3 Å². The van der Waals surface area contributed by atoms with E-state index in [1.807, 2.05) is 42.6 Å². The van der Waals surface area contributed by atoms with E-state index in [0.29, 0.717) is 24.6 Å². The molecule has 0 spiro atoms. The van der Waals surface area contributed by atoms with Crippen molar-refractivity contribution in [2.45, 2.75) is 13.1 Å². The molecule has 1 aromatic heterocycles. The average Bonchev–Trinajstić information content (AvgIpc) is 3.13. The molecular formula is C19H21FIN5. The third kappa shape index (κ3) is 5.29. The smallest absolute Gasteiger partial charge is 0.191 e. The number of hydrogen-bond acceptors (Lipinski definition) is 2. The lowest BCUT2D eigenvalue weighted by Gasteiger charge is -2.11. The molecule has 2 aromatic carbocycles. The molecule has 0 amide bonds. The van der Waals surface area contributed by atoms with Crippen LogP contribution >= 0.6 is 24.0 Å². The Morgan fingerprint density at radius 2 is 1.73 bits per heavy atom. The average molecular weight is 465 g/mol. The minimum atomic E-state index is -0.232. The van der Waals surface area contributed by atoms with Gasteiger partial charge < -0.3 is 15.6 Å². The molecule has 0 radical (unpaired) electrons. The number of benzene rings is 2. The number of rotatable bonds is 5. The van der Waals surface area contributed by atoms with Crippen LogP contribution in [0.5, 0.6) is 0 Å². The van der Waals surface area contributed by atoms with Crippen LogP contribution in [0, 0.1) is 5.82 Å². The minimum Gasteiger partial charge on any atom is -0.352 e. The third-order valence-electron chi connectivity index (χ3n) is 3.76. The molecule has 0 unspecified atom stereocenters. The van der Waals surface area contributed by atoms with Crippen molar-refractivity contribution in [1.29, 1.82) is 0 Å². The van der Waals surface area contributed by atoms with Gasteiger partial charge in [-0.3, -0.25) is 4.99 Å². The fourth-order valence-electron chi connectivity index (χ4n) is 2.43. The Balaban J connectivity index is 0.00000243. The van der Waals surface area contributed by atoms with Gasteiger partial charge >= 0.3 is 0 Å². The van der Waals surface area contributed by atoms with E-state index >= 15 is 0 Å². The lowest BCUT2D eigenvalue weighted by Crippen LogP contribution is -2.36. The van der Waals surface area contributed by atoms with Gasteiger partial charge in [-0.05, 0) is 11.6 Å². The molecule has 7 heteroatoms. The van der Waals surface area contributed by atoms with Gasteiger partial charge in [-0.1, -0.05) is 48.5 Å². The van der Waals surface area contributed by atoms with Crippen LogP contribution < -0.4 is 10.6 Å². The van der Waals surface area contributed by atoms with Crippen molar-refractivity contribution >= 4 is 29.9 Å². The zero-order chi connectivity index (χ0) is 17.5. The van der Waals surface area contributed by atoms with E-state index in [1.54, 1.807) is 19.2 Å². The van der Waals surface area contributed by atoms with Crippen LogP contribution in [0.3, 0.4) is 0 Å². The van der Waals surface area contributed by atoms with Crippen molar-refractivity contribution in [3.63, 3.8) is 0 Å². The van der Waals surface area contributed by atoms with E-state index < -0.39 is 0 Å². The van der Waals surface area contributed by atoms with Crippen molar-refractivity contribution in [3.05, 3.63) is 78.0 Å². The Morgan fingerprint density at radius 1 is 1.04 bits per heavy atom. The number of halogens is 2. The largest absolute Gasteiger partial charge is 0.352 e. The van der Waals surface area contributed by atoms with Crippen molar-refractivity contribution in [1.82, 2.24) is 20.6 Å². The van der Waals surface area contributed by atoms with Crippen molar-refractivity contribution in [2.75, 3.05) is 7.05 Å². The van der Waals surface area contributed by atoms with E-state index in [4.69, 9.17) is 0 Å². The summed E-state index contributed by atoms with van der Waals surface area (Å²) in [7, 11) is 1.67. The summed E-state index contributed by atoms with van der Waals surface area (Å²) >= 11 is 0. The van der Waals surface area contributed by atoms with E-state index in [0.717, 1.165) is 17.1 Å². The lowest BCUT2D eigenvalue weighted by molar-refractivity contribution is 0.604. The fourth-order valence-corrected chi connectivity index (χ4v) is 2.43. The SMILES string of the molecule is CN=C(NCc1ncc(-c2ccccc2)[nH]1)NCc1ccccc1F.I. The van der Waals surface area contributed by atoms with Gasteiger partial charge in [0, 0.05) is 19.2 Å². The van der Waals surface area contributed by atoms with Crippen LogP contribution in [0.4, 0.5) is 4.39 Å². The van der Waals surface area contributed by atoms with Gasteiger partial charge in [0.15, 0.2) is 5.96 Å². The Morgan fingerprint density at radius 3 is 2.46 bits per heavy atom. The van der Waals surface area contributed by atoms with Gasteiger partial charge in [0.2, 0.25) is 0 Å². The first-order valence-corrected chi connectivity index (χ1v) is 8.03. The Hall–Kier alpha value is -2.42. The van der Waals surface area contributed by atoms with Crippen LogP contribution in [0.1, 0.15) is 11.4 Å². The normalized spacial score (nSPS) is 10.9. The predicted octanol–water partition coefficient (Wildman–Crippen LogP) is 3.70. The summed E-state index contributed by atoms with van der Waals surface area (Å²) in [6.07, 6.45) is 1.81. The molecule has 136 valence electrons. The quantitative estimate of drug-likeness (QED) is 0.306. The van der Waals surface area contributed by atoms with Crippen LogP contribution in [-0.2, 0) is 13.1 Å². The molecular weight excluding hydrogens is 444 g/mol. The molecule has 3 N–H and O–H groups in total. The number of imidazole rings is 1. The number of aromatic amines is 1. The topological polar surface area (TPSA) is 65.1 Å². The minimum absolute atomic E-state index is 0. The summed E-state index contributed by atoms with van der Waals surface area (Å²) in [6, 6.07) is 16.7. The second-order valence-corrected chi connectivity index (χ2v) is 5.48. The van der Waals surface area contributed by atoms with Crippen LogP contribution in [0.25, 0.3) is 11.3 Å². The van der Waals surface area contributed by atoms with Gasteiger partial charge in [0.25, 0.3) is 0 Å². The molecule has 0 fully saturated rings. The maximum Gasteiger partial charge on any atom is 0.191 e. The van der Waals surface area contributed by atoms with Gasteiger partial charge in [-0.15, -0.1) is 24.0 Å². The zero-order valence-electron chi connectivity index (χ0n) is 14.4. The molecule has 26 heavy (non-hydrogen) atoms. The predicted molar refractivity (Wildman–Crippen MR) is 113 cm³/mol. The van der Waals surface area contributed by atoms with Crippen LogP contribution in [0.15, 0.2) is 65.8 Å². The zero-order valence-corrected chi connectivity index (χ0v) is 16.7. The molecule has 5 nitrogen and oxygen atoms in total. The second kappa shape index (κ2) is 9.91. The summed E-state index contributed by atoms with van der Waals surface area (Å²) in [6.45, 7) is 0.851. The summed E-state index contributed by atoms with van der Waals surface area (Å²) in [5, 5.41) is 6.26. The molecule has 0 aliphatic rings.